The van der Waals surface area contributed by atoms with Crippen LogP contribution in [0.4, 0.5) is 8.78 Å². The van der Waals surface area contributed by atoms with E-state index in [4.69, 9.17) is 22.7 Å². The normalized spacial score (nSPS) is 11.4. The summed E-state index contributed by atoms with van der Waals surface area (Å²) in [7, 11) is 0. The number of nitrogens with zero attached hydrogens (tertiary/aromatic N) is 1. The second kappa shape index (κ2) is 8.94. The number of nitrogens with two attached hydrogens (primary N) is 1. The van der Waals surface area contributed by atoms with Crippen molar-refractivity contribution in [1.82, 2.24) is 14.5 Å². The summed E-state index contributed by atoms with van der Waals surface area (Å²) in [5.74, 6) is -0.258. The van der Waals surface area contributed by atoms with E-state index in [-0.39, 0.29) is 53.8 Å². The fourth-order valence-corrected chi connectivity index (χ4v) is 2.81. The van der Waals surface area contributed by atoms with Crippen LogP contribution in [0.3, 0.4) is 0 Å². The van der Waals surface area contributed by atoms with Crippen molar-refractivity contribution >= 4 is 35.7 Å². The molecule has 0 saturated carbocycles. The minimum atomic E-state index is -0.503. The molecule has 0 unspecified atom stereocenters. The van der Waals surface area contributed by atoms with E-state index >= 15 is 0 Å². The molecule has 0 amide bonds. The molecule has 6 nitrogen and oxygen atoms in total. The lowest BCUT2D eigenvalue weighted by Gasteiger charge is -2.12. The van der Waals surface area contributed by atoms with E-state index < -0.39 is 5.82 Å². The van der Waals surface area contributed by atoms with Gasteiger partial charge in [-0.3, -0.25) is 9.78 Å². The molecule has 1 aromatic carbocycles. The standard InChI is InChI=1S/C17H16F2N4O2S.ClH/c18-6-11(7-20)9-25-13-4-10(3-12(19)5-13)8-23-14-1-2-21-15(14)16(24)22-17(23)26;/h1-6,21H,7-9,20H2,(H,22,24,26);1H/b11-6+;. The van der Waals surface area contributed by atoms with Crippen LogP contribution < -0.4 is 16.0 Å². The third-order valence-corrected chi connectivity index (χ3v) is 4.14. The number of ether oxygens (including phenoxy) is 1. The quantitative estimate of drug-likeness (QED) is 0.540. The predicted octanol–water partition coefficient (Wildman–Crippen LogP) is 3.19. The number of halogens is 3. The highest BCUT2D eigenvalue weighted by atomic mass is 35.5. The van der Waals surface area contributed by atoms with E-state index in [1.54, 1.807) is 22.9 Å². The highest BCUT2D eigenvalue weighted by Crippen LogP contribution is 2.19. The van der Waals surface area contributed by atoms with Gasteiger partial charge in [-0.1, -0.05) is 0 Å². The molecule has 0 aliphatic heterocycles. The molecule has 3 rings (SSSR count). The SMILES string of the molecule is Cl.NC/C(=C\F)COc1cc(F)cc(Cn2c(=S)[nH]c(=O)c3[nH]ccc32)c1. The molecule has 4 N–H and O–H groups in total. The molecular weight excluding hydrogens is 398 g/mol. The van der Waals surface area contributed by atoms with Crippen LogP contribution in [-0.4, -0.2) is 27.7 Å². The van der Waals surface area contributed by atoms with Crippen molar-refractivity contribution in [3.63, 3.8) is 0 Å². The van der Waals surface area contributed by atoms with E-state index in [2.05, 4.69) is 9.97 Å². The Bertz CT molecular complexity index is 1090. The molecule has 3 aromatic rings. The number of fused-ring (bicyclic) bond motifs is 1. The van der Waals surface area contributed by atoms with E-state index in [0.29, 0.717) is 22.9 Å². The van der Waals surface area contributed by atoms with Crippen LogP contribution in [0.1, 0.15) is 5.56 Å². The van der Waals surface area contributed by atoms with Gasteiger partial charge in [0.1, 0.15) is 23.7 Å². The lowest BCUT2D eigenvalue weighted by molar-refractivity contribution is 0.345. The number of benzene rings is 1. The highest BCUT2D eigenvalue weighted by molar-refractivity contribution is 7.71. The summed E-state index contributed by atoms with van der Waals surface area (Å²) in [6.45, 7) is 0.160. The largest absolute Gasteiger partial charge is 0.489 e. The van der Waals surface area contributed by atoms with E-state index in [1.807, 2.05) is 0 Å². The number of nitrogens with one attached hydrogen (secondary N) is 2. The van der Waals surface area contributed by atoms with Crippen molar-refractivity contribution in [1.29, 1.82) is 0 Å². The lowest BCUT2D eigenvalue weighted by Crippen LogP contribution is -2.15. The van der Waals surface area contributed by atoms with Gasteiger partial charge in [0.15, 0.2) is 4.77 Å². The Morgan fingerprint density at radius 2 is 2.15 bits per heavy atom. The van der Waals surface area contributed by atoms with E-state index in [1.165, 1.54) is 12.1 Å². The molecule has 10 heteroatoms. The average Bonchev–Trinajstić information content (AvgIpc) is 3.09. The van der Waals surface area contributed by atoms with Crippen molar-refractivity contribution < 1.29 is 13.5 Å². The van der Waals surface area contributed by atoms with Gasteiger partial charge in [0.2, 0.25) is 0 Å². The van der Waals surface area contributed by atoms with Crippen LogP contribution in [0.25, 0.3) is 11.0 Å². The Balaban J connectivity index is 0.00000261. The van der Waals surface area contributed by atoms with E-state index in [9.17, 15) is 13.6 Å². The van der Waals surface area contributed by atoms with Crippen LogP contribution in [0.2, 0.25) is 0 Å². The van der Waals surface area contributed by atoms with Crippen molar-refractivity contribution in [2.45, 2.75) is 6.54 Å². The Labute approximate surface area is 164 Å². The van der Waals surface area contributed by atoms with Gasteiger partial charge in [-0.25, -0.2) is 8.78 Å². The number of hydrogen-bond donors (Lipinski definition) is 3. The minimum Gasteiger partial charge on any atom is -0.489 e. The highest BCUT2D eigenvalue weighted by Gasteiger charge is 2.09. The third-order valence-electron chi connectivity index (χ3n) is 3.82. The Morgan fingerprint density at radius 1 is 1.37 bits per heavy atom. The number of aromatic nitrogens is 3. The van der Waals surface area contributed by atoms with Crippen molar-refractivity contribution in [3.05, 3.63) is 68.9 Å². The Kier molecular flexibility index (Phi) is 6.89. The Hall–Kier alpha value is -2.49. The maximum absolute atomic E-state index is 13.9. The van der Waals surface area contributed by atoms with Gasteiger partial charge < -0.3 is 20.0 Å². The van der Waals surface area contributed by atoms with Gasteiger partial charge in [0.05, 0.1) is 18.4 Å². The smallest absolute Gasteiger partial charge is 0.276 e. The maximum atomic E-state index is 13.9. The molecule has 0 aliphatic rings. The van der Waals surface area contributed by atoms with Crippen LogP contribution in [0, 0.1) is 10.6 Å². The topological polar surface area (TPSA) is 88.8 Å². The van der Waals surface area contributed by atoms with Gasteiger partial charge in [0, 0.05) is 24.4 Å². The zero-order chi connectivity index (χ0) is 18.7. The van der Waals surface area contributed by atoms with Crippen LogP contribution in [0.15, 0.2) is 47.2 Å². The second-order valence-corrected chi connectivity index (χ2v) is 6.03. The summed E-state index contributed by atoms with van der Waals surface area (Å²) in [6, 6.07) is 5.89. The fraction of sp³-hybridized carbons (Fsp3) is 0.176. The van der Waals surface area contributed by atoms with Gasteiger partial charge in [-0.15, -0.1) is 12.4 Å². The van der Waals surface area contributed by atoms with Gasteiger partial charge in [-0.2, -0.15) is 0 Å². The van der Waals surface area contributed by atoms with Gasteiger partial charge >= 0.3 is 0 Å². The second-order valence-electron chi connectivity index (χ2n) is 5.64. The summed E-state index contributed by atoms with van der Waals surface area (Å²) >= 11 is 5.22. The zero-order valence-electron chi connectivity index (χ0n) is 14.0. The van der Waals surface area contributed by atoms with Crippen molar-refractivity contribution in [2.75, 3.05) is 13.2 Å². The third kappa shape index (κ3) is 4.62. The molecule has 0 spiro atoms. The van der Waals surface area contributed by atoms with Crippen LogP contribution >= 0.6 is 24.6 Å². The molecule has 0 radical (unpaired) electrons. The molecule has 0 atom stereocenters. The first kappa shape index (κ1) is 20.8. The number of rotatable bonds is 6. The van der Waals surface area contributed by atoms with Crippen LogP contribution in [-0.2, 0) is 6.54 Å². The summed E-state index contributed by atoms with van der Waals surface area (Å²) < 4.78 is 33.8. The van der Waals surface area contributed by atoms with Gasteiger partial charge in [0.25, 0.3) is 5.56 Å². The summed E-state index contributed by atoms with van der Waals surface area (Å²) in [4.78, 5) is 17.3. The number of aromatic amines is 2. The fourth-order valence-electron chi connectivity index (χ4n) is 2.55. The first-order valence-corrected chi connectivity index (χ1v) is 8.13. The zero-order valence-corrected chi connectivity index (χ0v) is 15.6. The summed E-state index contributed by atoms with van der Waals surface area (Å²) in [6.07, 6.45) is 2.01. The van der Waals surface area contributed by atoms with Gasteiger partial charge in [-0.05, 0) is 36.0 Å². The Morgan fingerprint density at radius 3 is 2.85 bits per heavy atom. The maximum Gasteiger partial charge on any atom is 0.276 e. The molecular formula is C17H17ClF2N4O2S. The molecule has 0 saturated heterocycles. The van der Waals surface area contributed by atoms with Crippen molar-refractivity contribution in [2.24, 2.45) is 5.73 Å². The average molecular weight is 415 g/mol. The summed E-state index contributed by atoms with van der Waals surface area (Å²) in [5.41, 5.74) is 6.87. The minimum absolute atomic E-state index is 0. The van der Waals surface area contributed by atoms with E-state index in [0.717, 1.165) is 0 Å². The molecule has 144 valence electrons. The van der Waals surface area contributed by atoms with Crippen LogP contribution in [0.5, 0.6) is 5.75 Å². The molecule has 0 aliphatic carbocycles. The monoisotopic (exact) mass is 414 g/mol. The molecule has 0 fully saturated rings. The number of hydrogen-bond acceptors (Lipinski definition) is 4. The first-order chi connectivity index (χ1) is 12.5. The molecule has 0 bridgehead atoms. The molecule has 27 heavy (non-hydrogen) atoms. The van der Waals surface area contributed by atoms with Crippen molar-refractivity contribution in [3.8, 4) is 5.75 Å². The summed E-state index contributed by atoms with van der Waals surface area (Å²) in [5, 5.41) is 0. The molecule has 2 aromatic heterocycles. The predicted molar refractivity (Wildman–Crippen MR) is 104 cm³/mol. The first-order valence-electron chi connectivity index (χ1n) is 7.72. The molecule has 2 heterocycles. The number of H-pyrrole nitrogens is 2. The lowest BCUT2D eigenvalue weighted by atomic mass is 10.2.